The van der Waals surface area contributed by atoms with Crippen molar-refractivity contribution in [2.45, 2.75) is 19.3 Å². The molecule has 17 heavy (non-hydrogen) atoms. The minimum atomic E-state index is -0.725. The van der Waals surface area contributed by atoms with Gasteiger partial charge < -0.3 is 5.32 Å². The summed E-state index contributed by atoms with van der Waals surface area (Å²) in [6, 6.07) is 5.41. The summed E-state index contributed by atoms with van der Waals surface area (Å²) in [4.78, 5) is 11.4. The van der Waals surface area contributed by atoms with Crippen LogP contribution >= 0.6 is 0 Å². The lowest BCUT2D eigenvalue weighted by Crippen LogP contribution is -2.26. The van der Waals surface area contributed by atoms with E-state index in [-0.39, 0.29) is 12.0 Å². The van der Waals surface area contributed by atoms with Gasteiger partial charge in [-0.25, -0.2) is 8.78 Å². The Balaban J connectivity index is 2.48. The first-order valence-electron chi connectivity index (χ1n) is 5.21. The number of carbonyl (C=O) groups excluding carboxylic acids is 1. The van der Waals surface area contributed by atoms with Crippen LogP contribution in [-0.4, -0.2) is 12.5 Å². The van der Waals surface area contributed by atoms with Gasteiger partial charge in [-0.1, -0.05) is 6.07 Å². The van der Waals surface area contributed by atoms with Crippen LogP contribution in [-0.2, 0) is 11.2 Å². The second kappa shape index (κ2) is 6.59. The van der Waals surface area contributed by atoms with E-state index in [1.807, 2.05) is 6.07 Å². The molecule has 1 aromatic rings. The molecule has 1 aromatic carbocycles. The van der Waals surface area contributed by atoms with Gasteiger partial charge in [0.15, 0.2) is 0 Å². The van der Waals surface area contributed by atoms with E-state index < -0.39 is 17.5 Å². The molecule has 0 unspecified atom stereocenters. The number of nitrogens with zero attached hydrogens (tertiary/aromatic N) is 1. The fraction of sp³-hybridized carbons (Fsp3) is 0.333. The lowest BCUT2D eigenvalue weighted by atomic mass is 10.1. The van der Waals surface area contributed by atoms with Crippen molar-refractivity contribution in [1.82, 2.24) is 5.32 Å². The molecule has 0 aromatic heterocycles. The number of amides is 1. The van der Waals surface area contributed by atoms with Crippen LogP contribution in [0.4, 0.5) is 8.78 Å². The van der Waals surface area contributed by atoms with Crippen molar-refractivity contribution in [3.05, 3.63) is 35.4 Å². The van der Waals surface area contributed by atoms with Crippen molar-refractivity contribution < 1.29 is 13.6 Å². The molecule has 0 aliphatic carbocycles. The second-order valence-electron chi connectivity index (χ2n) is 3.49. The van der Waals surface area contributed by atoms with E-state index in [9.17, 15) is 13.6 Å². The van der Waals surface area contributed by atoms with Crippen LogP contribution in [0.3, 0.4) is 0 Å². The monoisotopic (exact) mass is 238 g/mol. The fourth-order valence-corrected chi connectivity index (χ4v) is 1.32. The summed E-state index contributed by atoms with van der Waals surface area (Å²) in [6.45, 7) is 0.336. The second-order valence-corrected chi connectivity index (χ2v) is 3.49. The van der Waals surface area contributed by atoms with Crippen molar-refractivity contribution in [3.63, 3.8) is 0 Å². The quantitative estimate of drug-likeness (QED) is 0.797. The molecular formula is C12H12F2N2O. The minimum absolute atomic E-state index is 0.231. The summed E-state index contributed by atoms with van der Waals surface area (Å²) in [5.41, 5.74) is -0.231. The van der Waals surface area contributed by atoms with Gasteiger partial charge in [-0.3, -0.25) is 4.79 Å². The Labute approximate surface area is 98.1 Å². The molecule has 0 spiro atoms. The maximum absolute atomic E-state index is 13.2. The van der Waals surface area contributed by atoms with Crippen LogP contribution in [0.25, 0.3) is 0 Å². The van der Waals surface area contributed by atoms with E-state index in [1.54, 1.807) is 0 Å². The maximum atomic E-state index is 13.2. The number of nitriles is 1. The average Bonchev–Trinajstić information content (AvgIpc) is 2.30. The summed E-state index contributed by atoms with van der Waals surface area (Å²) >= 11 is 0. The highest BCUT2D eigenvalue weighted by Crippen LogP contribution is 2.12. The van der Waals surface area contributed by atoms with E-state index in [1.165, 1.54) is 6.07 Å². The summed E-state index contributed by atoms with van der Waals surface area (Å²) in [5, 5.41) is 10.8. The van der Waals surface area contributed by atoms with Gasteiger partial charge in [0.1, 0.15) is 11.6 Å². The highest BCUT2D eigenvalue weighted by atomic mass is 19.1. The predicted molar refractivity (Wildman–Crippen MR) is 57.9 cm³/mol. The first-order chi connectivity index (χ1) is 8.15. The molecule has 3 nitrogen and oxygen atoms in total. The Kier molecular flexibility index (Phi) is 5.08. The molecule has 0 saturated heterocycles. The van der Waals surface area contributed by atoms with E-state index in [2.05, 4.69) is 5.32 Å². The van der Waals surface area contributed by atoms with E-state index in [0.29, 0.717) is 19.4 Å². The molecule has 0 heterocycles. The number of carbonyl (C=O) groups is 1. The number of benzene rings is 1. The maximum Gasteiger partial charge on any atom is 0.224 e. The molecule has 1 N–H and O–H groups in total. The molecule has 0 bridgehead atoms. The third-order valence-corrected chi connectivity index (χ3v) is 2.19. The molecule has 1 rings (SSSR count). The summed E-state index contributed by atoms with van der Waals surface area (Å²) in [7, 11) is 0. The minimum Gasteiger partial charge on any atom is -0.356 e. The smallest absolute Gasteiger partial charge is 0.224 e. The van der Waals surface area contributed by atoms with Crippen LogP contribution in [0.2, 0.25) is 0 Å². The lowest BCUT2D eigenvalue weighted by Gasteiger charge is -2.05. The summed E-state index contributed by atoms with van der Waals surface area (Å²) < 4.78 is 26.4. The Morgan fingerprint density at radius 2 is 2.00 bits per heavy atom. The van der Waals surface area contributed by atoms with Crippen LogP contribution in [0.1, 0.15) is 18.4 Å². The zero-order valence-electron chi connectivity index (χ0n) is 9.17. The van der Waals surface area contributed by atoms with E-state index >= 15 is 0 Å². The van der Waals surface area contributed by atoms with Crippen molar-refractivity contribution in [2.24, 2.45) is 0 Å². The molecule has 5 heteroatoms. The standard InChI is InChI=1S/C12H12F2N2O/c13-10-4-3-5-11(14)9(10)8-12(17)16-7-2-1-6-15/h3-5H,1-2,7-8H2,(H,16,17). The predicted octanol–water partition coefficient (Wildman–Crippen LogP) is 1.93. The molecule has 90 valence electrons. The van der Waals surface area contributed by atoms with Gasteiger partial charge in [-0.05, 0) is 18.6 Å². The highest BCUT2D eigenvalue weighted by molar-refractivity contribution is 5.78. The summed E-state index contributed by atoms with van der Waals surface area (Å²) in [5.74, 6) is -1.90. The first kappa shape index (κ1) is 13.1. The topological polar surface area (TPSA) is 52.9 Å². The van der Waals surface area contributed by atoms with E-state index in [4.69, 9.17) is 5.26 Å². The highest BCUT2D eigenvalue weighted by Gasteiger charge is 2.12. The van der Waals surface area contributed by atoms with Gasteiger partial charge >= 0.3 is 0 Å². The Bertz CT molecular complexity index is 420. The zero-order valence-corrected chi connectivity index (χ0v) is 9.17. The third kappa shape index (κ3) is 4.19. The van der Waals surface area contributed by atoms with Crippen LogP contribution in [0.15, 0.2) is 18.2 Å². The van der Waals surface area contributed by atoms with Crippen LogP contribution < -0.4 is 5.32 Å². The van der Waals surface area contributed by atoms with Crippen molar-refractivity contribution in [1.29, 1.82) is 5.26 Å². The largest absolute Gasteiger partial charge is 0.356 e. The number of rotatable bonds is 5. The SMILES string of the molecule is N#CCCCNC(=O)Cc1c(F)cccc1F. The van der Waals surface area contributed by atoms with Crippen LogP contribution in [0.5, 0.6) is 0 Å². The molecule has 0 radical (unpaired) electrons. The molecule has 0 aliphatic rings. The van der Waals surface area contributed by atoms with Crippen molar-refractivity contribution in [3.8, 4) is 6.07 Å². The number of nitrogens with one attached hydrogen (secondary N) is 1. The number of hydrogen-bond donors (Lipinski definition) is 1. The molecular weight excluding hydrogens is 226 g/mol. The molecule has 0 saturated carbocycles. The zero-order chi connectivity index (χ0) is 12.7. The van der Waals surface area contributed by atoms with Gasteiger partial charge in [0.2, 0.25) is 5.91 Å². The van der Waals surface area contributed by atoms with Gasteiger partial charge in [-0.2, -0.15) is 5.26 Å². The Hall–Kier alpha value is -1.96. The first-order valence-corrected chi connectivity index (χ1v) is 5.21. The Morgan fingerprint density at radius 1 is 1.35 bits per heavy atom. The lowest BCUT2D eigenvalue weighted by molar-refractivity contribution is -0.120. The van der Waals surface area contributed by atoms with E-state index in [0.717, 1.165) is 12.1 Å². The number of halogens is 2. The molecule has 1 amide bonds. The van der Waals surface area contributed by atoms with Gasteiger partial charge in [0.05, 0.1) is 12.5 Å². The molecule has 0 atom stereocenters. The van der Waals surface area contributed by atoms with Crippen molar-refractivity contribution in [2.75, 3.05) is 6.54 Å². The molecule has 0 aliphatic heterocycles. The van der Waals surface area contributed by atoms with Gasteiger partial charge in [0.25, 0.3) is 0 Å². The normalized spacial score (nSPS) is 9.71. The third-order valence-electron chi connectivity index (χ3n) is 2.19. The summed E-state index contributed by atoms with van der Waals surface area (Å²) in [6.07, 6.45) is 0.543. The number of unbranched alkanes of at least 4 members (excludes halogenated alkanes) is 1. The molecule has 0 fully saturated rings. The fourth-order valence-electron chi connectivity index (χ4n) is 1.32. The van der Waals surface area contributed by atoms with Crippen LogP contribution in [0, 0.1) is 23.0 Å². The van der Waals surface area contributed by atoms with Gasteiger partial charge in [0, 0.05) is 18.5 Å². The number of hydrogen-bond acceptors (Lipinski definition) is 2. The van der Waals surface area contributed by atoms with Crippen molar-refractivity contribution >= 4 is 5.91 Å². The van der Waals surface area contributed by atoms with Gasteiger partial charge in [-0.15, -0.1) is 0 Å². The Morgan fingerprint density at radius 3 is 2.59 bits per heavy atom. The average molecular weight is 238 g/mol.